The van der Waals surface area contributed by atoms with Crippen molar-refractivity contribution in [2.24, 2.45) is 0 Å². The van der Waals surface area contributed by atoms with E-state index < -0.39 is 0 Å². The van der Waals surface area contributed by atoms with Gasteiger partial charge in [0.25, 0.3) is 0 Å². The number of hydrogen-bond donors (Lipinski definition) is 0. The largest absolute Gasteiger partial charge is 0.437 e. The fraction of sp³-hybridized carbons (Fsp3) is 0.0909. The molecule has 0 spiro atoms. The Morgan fingerprint density at radius 3 is 2.60 bits per heavy atom. The summed E-state index contributed by atoms with van der Waals surface area (Å²) in [5, 5.41) is 2.42. The first-order chi connectivity index (χ1) is 12.4. The molecule has 0 atom stereocenters. The Balaban J connectivity index is 1.59. The van der Waals surface area contributed by atoms with Gasteiger partial charge >= 0.3 is 0 Å². The fourth-order valence-corrected chi connectivity index (χ4v) is 3.31. The van der Waals surface area contributed by atoms with Crippen molar-refractivity contribution in [2.45, 2.75) is 12.8 Å². The Morgan fingerprint density at radius 2 is 1.64 bits per heavy atom. The van der Waals surface area contributed by atoms with Crippen molar-refractivity contribution in [3.8, 4) is 22.9 Å². The second kappa shape index (κ2) is 5.71. The van der Waals surface area contributed by atoms with E-state index in [4.69, 9.17) is 9.72 Å². The van der Waals surface area contributed by atoms with E-state index in [2.05, 4.69) is 53.5 Å². The van der Waals surface area contributed by atoms with Crippen LogP contribution in [0, 0.1) is 0 Å². The molecule has 0 bridgehead atoms. The third-order valence-corrected chi connectivity index (χ3v) is 4.67. The van der Waals surface area contributed by atoms with Gasteiger partial charge in [0.15, 0.2) is 0 Å². The Bertz CT molecular complexity index is 1090. The quantitative estimate of drug-likeness (QED) is 0.483. The molecule has 4 aromatic rings. The highest BCUT2D eigenvalue weighted by Crippen LogP contribution is 2.33. The summed E-state index contributed by atoms with van der Waals surface area (Å²) in [4.78, 5) is 9.40. The lowest BCUT2D eigenvalue weighted by atomic mass is 10.1. The van der Waals surface area contributed by atoms with E-state index in [1.165, 1.54) is 16.3 Å². The molecule has 25 heavy (non-hydrogen) atoms. The molecule has 3 nitrogen and oxygen atoms in total. The molecule has 0 unspecified atom stereocenters. The first-order valence-electron chi connectivity index (χ1n) is 8.48. The van der Waals surface area contributed by atoms with Crippen LogP contribution in [0.25, 0.3) is 22.0 Å². The minimum atomic E-state index is 0.621. The van der Waals surface area contributed by atoms with Gasteiger partial charge in [0.1, 0.15) is 11.4 Å². The van der Waals surface area contributed by atoms with Crippen molar-refractivity contribution in [1.82, 2.24) is 9.97 Å². The van der Waals surface area contributed by atoms with Gasteiger partial charge in [0.2, 0.25) is 5.88 Å². The van der Waals surface area contributed by atoms with E-state index in [0.29, 0.717) is 5.88 Å². The van der Waals surface area contributed by atoms with Crippen molar-refractivity contribution < 1.29 is 4.74 Å². The summed E-state index contributed by atoms with van der Waals surface area (Å²) in [6.07, 6.45) is 3.62. The summed E-state index contributed by atoms with van der Waals surface area (Å²) in [7, 11) is 0. The second-order valence-corrected chi connectivity index (χ2v) is 6.28. The molecule has 0 N–H and O–H groups in total. The molecule has 0 saturated heterocycles. The van der Waals surface area contributed by atoms with Crippen LogP contribution < -0.4 is 4.74 Å². The Labute approximate surface area is 146 Å². The molecule has 0 radical (unpaired) electrons. The maximum Gasteiger partial charge on any atom is 0.241 e. The van der Waals surface area contributed by atoms with Gasteiger partial charge in [-0.15, -0.1) is 0 Å². The fourth-order valence-electron chi connectivity index (χ4n) is 3.31. The molecule has 120 valence electrons. The van der Waals surface area contributed by atoms with E-state index in [-0.39, 0.29) is 0 Å². The number of nitrogens with zero attached hydrogens (tertiary/aromatic N) is 2. The minimum Gasteiger partial charge on any atom is -0.437 e. The predicted octanol–water partition coefficient (Wildman–Crippen LogP) is 5.19. The number of rotatable bonds is 1. The molecule has 5 rings (SSSR count). The molecule has 0 aliphatic carbocycles. The van der Waals surface area contributed by atoms with Crippen molar-refractivity contribution in [3.63, 3.8) is 0 Å². The molecule has 1 aliphatic heterocycles. The van der Waals surface area contributed by atoms with Crippen LogP contribution in [0.5, 0.6) is 11.6 Å². The number of fused-ring (bicyclic) bond motifs is 3. The van der Waals surface area contributed by atoms with Crippen LogP contribution in [0.3, 0.4) is 0 Å². The highest BCUT2D eigenvalue weighted by atomic mass is 16.5. The van der Waals surface area contributed by atoms with Crippen molar-refractivity contribution in [1.29, 1.82) is 0 Å². The second-order valence-electron chi connectivity index (χ2n) is 6.28. The zero-order valence-electron chi connectivity index (χ0n) is 13.6. The van der Waals surface area contributed by atoms with Gasteiger partial charge in [-0.1, -0.05) is 54.6 Å². The highest BCUT2D eigenvalue weighted by Gasteiger charge is 2.17. The third kappa shape index (κ3) is 2.54. The molecule has 2 heterocycles. The van der Waals surface area contributed by atoms with E-state index >= 15 is 0 Å². The molecular weight excluding hydrogens is 308 g/mol. The molecule has 0 fully saturated rings. The van der Waals surface area contributed by atoms with Crippen LogP contribution in [0.15, 0.2) is 72.9 Å². The van der Waals surface area contributed by atoms with Crippen molar-refractivity contribution >= 4 is 10.8 Å². The van der Waals surface area contributed by atoms with Gasteiger partial charge in [0.05, 0.1) is 11.9 Å². The van der Waals surface area contributed by atoms with E-state index in [9.17, 15) is 0 Å². The summed E-state index contributed by atoms with van der Waals surface area (Å²) in [6.45, 7) is 0. The van der Waals surface area contributed by atoms with Crippen LogP contribution in [0.2, 0.25) is 0 Å². The average Bonchev–Trinajstić information content (AvgIpc) is 2.86. The van der Waals surface area contributed by atoms with Crippen molar-refractivity contribution in [2.75, 3.05) is 0 Å². The smallest absolute Gasteiger partial charge is 0.241 e. The summed E-state index contributed by atoms with van der Waals surface area (Å²) in [6, 6.07) is 22.8. The Hall–Kier alpha value is -3.20. The van der Waals surface area contributed by atoms with Gasteiger partial charge in [-0.3, -0.25) is 4.98 Å². The minimum absolute atomic E-state index is 0.621. The van der Waals surface area contributed by atoms with Crippen LogP contribution in [0.1, 0.15) is 11.3 Å². The zero-order chi connectivity index (χ0) is 16.6. The van der Waals surface area contributed by atoms with E-state index in [1.807, 2.05) is 24.4 Å². The van der Waals surface area contributed by atoms with Gasteiger partial charge in [-0.2, -0.15) is 0 Å². The lowest BCUT2D eigenvalue weighted by molar-refractivity contribution is 0.457. The SMILES string of the molecule is c1ccc2c(c1)CCc1ncc(-c3ccc4ccccc4c3)nc1O2. The summed E-state index contributed by atoms with van der Waals surface area (Å²) in [5.41, 5.74) is 4.01. The Kier molecular flexibility index (Phi) is 3.23. The Morgan fingerprint density at radius 1 is 0.800 bits per heavy atom. The average molecular weight is 324 g/mol. The number of aromatic nitrogens is 2. The van der Waals surface area contributed by atoms with E-state index in [0.717, 1.165) is 35.5 Å². The van der Waals surface area contributed by atoms with Crippen LogP contribution in [-0.2, 0) is 12.8 Å². The summed E-state index contributed by atoms with van der Waals surface area (Å²) >= 11 is 0. The van der Waals surface area contributed by atoms with Gasteiger partial charge < -0.3 is 4.74 Å². The van der Waals surface area contributed by atoms with Gasteiger partial charge in [-0.05, 0) is 41.3 Å². The summed E-state index contributed by atoms with van der Waals surface area (Å²) in [5.74, 6) is 1.50. The van der Waals surface area contributed by atoms with Crippen molar-refractivity contribution in [3.05, 3.63) is 84.2 Å². The number of para-hydroxylation sites is 1. The highest BCUT2D eigenvalue weighted by molar-refractivity contribution is 5.86. The van der Waals surface area contributed by atoms with Crippen LogP contribution in [-0.4, -0.2) is 9.97 Å². The summed E-state index contributed by atoms with van der Waals surface area (Å²) < 4.78 is 6.08. The third-order valence-electron chi connectivity index (χ3n) is 4.67. The maximum absolute atomic E-state index is 6.08. The molecular formula is C22H16N2O. The standard InChI is InChI=1S/C22H16N2O/c1-2-7-17-13-18(10-9-15(17)5-1)20-14-23-19-12-11-16-6-3-4-8-21(16)25-22(19)24-20/h1-10,13-14H,11-12H2. The lowest BCUT2D eigenvalue weighted by Gasteiger charge is -2.09. The number of benzene rings is 3. The van der Waals surface area contributed by atoms with E-state index in [1.54, 1.807) is 0 Å². The first kappa shape index (κ1) is 14.2. The van der Waals surface area contributed by atoms with Gasteiger partial charge in [0, 0.05) is 5.56 Å². The molecule has 1 aliphatic rings. The van der Waals surface area contributed by atoms with Gasteiger partial charge in [-0.25, -0.2) is 4.98 Å². The maximum atomic E-state index is 6.08. The molecule has 3 aromatic carbocycles. The zero-order valence-corrected chi connectivity index (χ0v) is 13.6. The topological polar surface area (TPSA) is 35.0 Å². The van der Waals surface area contributed by atoms with Crippen LogP contribution >= 0.6 is 0 Å². The normalized spacial score (nSPS) is 12.8. The number of hydrogen-bond acceptors (Lipinski definition) is 3. The molecule has 3 heteroatoms. The molecule has 0 saturated carbocycles. The predicted molar refractivity (Wildman–Crippen MR) is 98.9 cm³/mol. The molecule has 0 amide bonds. The first-order valence-corrected chi connectivity index (χ1v) is 8.48. The van der Waals surface area contributed by atoms with Crippen LogP contribution in [0.4, 0.5) is 0 Å². The number of aryl methyl sites for hydroxylation is 2. The monoisotopic (exact) mass is 324 g/mol. The molecule has 1 aromatic heterocycles. The number of ether oxygens (including phenoxy) is 1. The lowest BCUT2D eigenvalue weighted by Crippen LogP contribution is -1.98.